The predicted molar refractivity (Wildman–Crippen MR) is 74.4 cm³/mol. The first-order chi connectivity index (χ1) is 9.43. The maximum Gasteiger partial charge on any atom is 0.328 e. The van der Waals surface area contributed by atoms with Crippen molar-refractivity contribution in [1.29, 1.82) is 0 Å². The number of aliphatic hydroxyl groups is 1. The minimum absolute atomic E-state index is 0.294. The number of carbonyl (C=O) groups is 2. The monoisotopic (exact) mass is 280 g/mol. The molecule has 0 bridgehead atoms. The third-order valence-electron chi connectivity index (χ3n) is 2.89. The zero-order valence-corrected chi connectivity index (χ0v) is 11.6. The molecular weight excluding hydrogens is 260 g/mol. The summed E-state index contributed by atoms with van der Waals surface area (Å²) in [5, 5.41) is 22.2. The topological polar surface area (TPSA) is 98.7 Å². The standard InChI is InChI=1S/C14H20N2O4/c1-9(2)11-5-3-10(4-6-11)7-15-14(20)16-12(8-17)13(18)19/h3-6,9,12,17H,7-8H2,1-2H3,(H,18,19)(H2,15,16,20)/t12-/m0/s1. The number of carboxylic acid groups (broad SMARTS) is 1. The highest BCUT2D eigenvalue weighted by Gasteiger charge is 2.18. The highest BCUT2D eigenvalue weighted by Crippen LogP contribution is 2.14. The number of aliphatic carboxylic acids is 1. The summed E-state index contributed by atoms with van der Waals surface area (Å²) in [4.78, 5) is 22.1. The lowest BCUT2D eigenvalue weighted by Gasteiger charge is -2.13. The molecule has 0 radical (unpaired) electrons. The smallest absolute Gasteiger partial charge is 0.328 e. The van der Waals surface area contributed by atoms with Gasteiger partial charge in [0.05, 0.1) is 6.61 Å². The van der Waals surface area contributed by atoms with Gasteiger partial charge >= 0.3 is 12.0 Å². The molecular formula is C14H20N2O4. The first kappa shape index (κ1) is 16.0. The largest absolute Gasteiger partial charge is 0.480 e. The van der Waals surface area contributed by atoms with Gasteiger partial charge in [-0.25, -0.2) is 9.59 Å². The van der Waals surface area contributed by atoms with E-state index in [1.807, 2.05) is 24.3 Å². The zero-order chi connectivity index (χ0) is 15.1. The number of hydrogen-bond acceptors (Lipinski definition) is 3. The molecule has 6 nitrogen and oxygen atoms in total. The number of carboxylic acids is 1. The van der Waals surface area contributed by atoms with E-state index < -0.39 is 24.6 Å². The van der Waals surface area contributed by atoms with Gasteiger partial charge in [-0.05, 0) is 17.0 Å². The Morgan fingerprint density at radius 1 is 1.20 bits per heavy atom. The van der Waals surface area contributed by atoms with E-state index in [0.29, 0.717) is 12.5 Å². The Hall–Kier alpha value is -2.08. The van der Waals surface area contributed by atoms with Gasteiger partial charge in [0.2, 0.25) is 0 Å². The van der Waals surface area contributed by atoms with E-state index >= 15 is 0 Å². The summed E-state index contributed by atoms with van der Waals surface area (Å²) >= 11 is 0. The molecule has 0 unspecified atom stereocenters. The average Bonchev–Trinajstić information content (AvgIpc) is 2.42. The van der Waals surface area contributed by atoms with E-state index in [4.69, 9.17) is 10.2 Å². The Kier molecular flexibility index (Phi) is 5.99. The lowest BCUT2D eigenvalue weighted by molar-refractivity contribution is -0.140. The number of amides is 2. The molecule has 0 spiro atoms. The Bertz CT molecular complexity index is 457. The van der Waals surface area contributed by atoms with Crippen LogP contribution in [0.1, 0.15) is 30.9 Å². The second kappa shape index (κ2) is 7.49. The Balaban J connectivity index is 2.46. The van der Waals surface area contributed by atoms with E-state index in [1.165, 1.54) is 5.56 Å². The van der Waals surface area contributed by atoms with Gasteiger partial charge in [-0.15, -0.1) is 0 Å². The maximum absolute atomic E-state index is 11.5. The maximum atomic E-state index is 11.5. The van der Waals surface area contributed by atoms with Crippen molar-refractivity contribution in [2.45, 2.75) is 32.4 Å². The molecule has 0 fully saturated rings. The molecule has 110 valence electrons. The predicted octanol–water partition coefficient (Wildman–Crippen LogP) is 1.05. The number of urea groups is 1. The number of aliphatic hydroxyl groups excluding tert-OH is 1. The Morgan fingerprint density at radius 2 is 1.80 bits per heavy atom. The third-order valence-corrected chi connectivity index (χ3v) is 2.89. The van der Waals surface area contributed by atoms with Crippen molar-refractivity contribution < 1.29 is 19.8 Å². The Labute approximate surface area is 117 Å². The van der Waals surface area contributed by atoms with Gasteiger partial charge < -0.3 is 20.8 Å². The summed E-state index contributed by atoms with van der Waals surface area (Å²) in [6.07, 6.45) is 0. The highest BCUT2D eigenvalue weighted by molar-refractivity contribution is 5.82. The number of carbonyl (C=O) groups excluding carboxylic acids is 1. The van der Waals surface area contributed by atoms with Crippen molar-refractivity contribution in [3.63, 3.8) is 0 Å². The fraction of sp³-hybridized carbons (Fsp3) is 0.429. The molecule has 0 saturated carbocycles. The summed E-state index contributed by atoms with van der Waals surface area (Å²) in [5.41, 5.74) is 2.13. The van der Waals surface area contributed by atoms with Crippen LogP contribution < -0.4 is 10.6 Å². The molecule has 0 heterocycles. The fourth-order valence-electron chi connectivity index (χ4n) is 1.60. The van der Waals surface area contributed by atoms with Crippen molar-refractivity contribution in [2.24, 2.45) is 0 Å². The van der Waals surface area contributed by atoms with Gasteiger partial charge in [-0.3, -0.25) is 0 Å². The van der Waals surface area contributed by atoms with Crippen molar-refractivity contribution in [2.75, 3.05) is 6.61 Å². The normalized spacial score (nSPS) is 12.0. The minimum Gasteiger partial charge on any atom is -0.480 e. The minimum atomic E-state index is -1.29. The summed E-state index contributed by atoms with van der Waals surface area (Å²) in [6.45, 7) is 3.84. The lowest BCUT2D eigenvalue weighted by atomic mass is 10.0. The van der Waals surface area contributed by atoms with Crippen LogP contribution in [0.15, 0.2) is 24.3 Å². The Morgan fingerprint density at radius 3 is 2.25 bits per heavy atom. The van der Waals surface area contributed by atoms with Gasteiger partial charge in [0.1, 0.15) is 0 Å². The van der Waals surface area contributed by atoms with Crippen LogP contribution in [-0.2, 0) is 11.3 Å². The van der Waals surface area contributed by atoms with Gasteiger partial charge in [-0.2, -0.15) is 0 Å². The van der Waals surface area contributed by atoms with Gasteiger partial charge in [-0.1, -0.05) is 38.1 Å². The van der Waals surface area contributed by atoms with Gasteiger partial charge in [0, 0.05) is 6.54 Å². The SMILES string of the molecule is CC(C)c1ccc(CNC(=O)N[C@@H](CO)C(=O)O)cc1. The molecule has 20 heavy (non-hydrogen) atoms. The van der Waals surface area contributed by atoms with E-state index in [-0.39, 0.29) is 0 Å². The quantitative estimate of drug-likeness (QED) is 0.626. The van der Waals surface area contributed by atoms with Crippen LogP contribution in [0.2, 0.25) is 0 Å². The molecule has 0 aliphatic rings. The summed E-state index contributed by atoms with van der Waals surface area (Å²) < 4.78 is 0. The van der Waals surface area contributed by atoms with Crippen molar-refractivity contribution in [1.82, 2.24) is 10.6 Å². The van der Waals surface area contributed by atoms with Crippen LogP contribution >= 0.6 is 0 Å². The molecule has 1 aromatic rings. The summed E-state index contributed by atoms with van der Waals surface area (Å²) in [7, 11) is 0. The van der Waals surface area contributed by atoms with E-state index in [1.54, 1.807) is 0 Å². The molecule has 0 aromatic heterocycles. The van der Waals surface area contributed by atoms with Crippen LogP contribution in [0.5, 0.6) is 0 Å². The van der Waals surface area contributed by atoms with Gasteiger partial charge in [0.15, 0.2) is 6.04 Å². The average molecular weight is 280 g/mol. The van der Waals surface area contributed by atoms with Crippen LogP contribution in [0.3, 0.4) is 0 Å². The zero-order valence-electron chi connectivity index (χ0n) is 11.6. The number of nitrogens with one attached hydrogen (secondary N) is 2. The van der Waals surface area contributed by atoms with Crippen LogP contribution in [0.25, 0.3) is 0 Å². The van der Waals surface area contributed by atoms with Crippen molar-refractivity contribution in [3.05, 3.63) is 35.4 Å². The van der Waals surface area contributed by atoms with E-state index in [2.05, 4.69) is 24.5 Å². The van der Waals surface area contributed by atoms with Crippen molar-refractivity contribution in [3.8, 4) is 0 Å². The van der Waals surface area contributed by atoms with Gasteiger partial charge in [0.25, 0.3) is 0 Å². The van der Waals surface area contributed by atoms with Crippen LogP contribution in [-0.4, -0.2) is 34.9 Å². The number of rotatable bonds is 6. The van der Waals surface area contributed by atoms with Crippen LogP contribution in [0.4, 0.5) is 4.79 Å². The number of hydrogen-bond donors (Lipinski definition) is 4. The first-order valence-electron chi connectivity index (χ1n) is 6.41. The fourth-order valence-corrected chi connectivity index (χ4v) is 1.60. The second-order valence-corrected chi connectivity index (χ2v) is 4.80. The van der Waals surface area contributed by atoms with E-state index in [0.717, 1.165) is 5.56 Å². The molecule has 0 aliphatic heterocycles. The second-order valence-electron chi connectivity index (χ2n) is 4.80. The summed E-state index contributed by atoms with van der Waals surface area (Å²) in [5.74, 6) is -0.829. The first-order valence-corrected chi connectivity index (χ1v) is 6.41. The lowest BCUT2D eigenvalue weighted by Crippen LogP contribution is -2.47. The molecule has 1 rings (SSSR count). The highest BCUT2D eigenvalue weighted by atomic mass is 16.4. The van der Waals surface area contributed by atoms with Crippen molar-refractivity contribution >= 4 is 12.0 Å². The van der Waals surface area contributed by atoms with E-state index in [9.17, 15) is 9.59 Å². The molecule has 1 aromatic carbocycles. The third kappa shape index (κ3) is 4.89. The molecule has 6 heteroatoms. The molecule has 1 atom stereocenters. The summed E-state index contributed by atoms with van der Waals surface area (Å²) in [6, 6.07) is 5.89. The number of benzene rings is 1. The molecule has 0 aliphatic carbocycles. The molecule has 2 amide bonds. The molecule has 4 N–H and O–H groups in total. The molecule has 0 saturated heterocycles. The van der Waals surface area contributed by atoms with Crippen LogP contribution in [0, 0.1) is 0 Å².